The third-order valence-corrected chi connectivity index (χ3v) is 4.93. The van der Waals surface area contributed by atoms with Crippen molar-refractivity contribution in [3.63, 3.8) is 0 Å². The summed E-state index contributed by atoms with van der Waals surface area (Å²) in [6, 6.07) is 7.97. The molecule has 7 heteroatoms. The lowest BCUT2D eigenvalue weighted by molar-refractivity contribution is -0.523. The summed E-state index contributed by atoms with van der Waals surface area (Å²) in [6.07, 6.45) is 0.0343. The molecule has 1 aromatic carbocycles. The Morgan fingerprint density at radius 3 is 2.62 bits per heavy atom. The molecule has 1 aliphatic heterocycles. The first-order chi connectivity index (χ1) is 11.4. The normalized spacial score (nSPS) is 32.3. The van der Waals surface area contributed by atoms with Gasteiger partial charge in [-0.05, 0) is 19.4 Å². The van der Waals surface area contributed by atoms with E-state index in [0.29, 0.717) is 0 Å². The van der Waals surface area contributed by atoms with E-state index in [1.165, 1.54) is 13.8 Å². The van der Waals surface area contributed by atoms with Crippen molar-refractivity contribution in [1.29, 1.82) is 0 Å². The first kappa shape index (κ1) is 16.3. The van der Waals surface area contributed by atoms with Gasteiger partial charge in [0.2, 0.25) is 5.60 Å². The van der Waals surface area contributed by atoms with E-state index in [4.69, 9.17) is 4.84 Å². The number of hydrogen-bond donors (Lipinski definition) is 0. The minimum atomic E-state index is -1.31. The molecule has 0 N–H and O–H groups in total. The summed E-state index contributed by atoms with van der Waals surface area (Å²) < 4.78 is 0. The maximum absolute atomic E-state index is 12.7. The number of carbonyl (C=O) groups is 2. The zero-order valence-corrected chi connectivity index (χ0v) is 13.5. The van der Waals surface area contributed by atoms with E-state index in [-0.39, 0.29) is 30.1 Å². The number of hydrogen-bond acceptors (Lipinski definition) is 6. The number of nitro groups is 1. The van der Waals surface area contributed by atoms with Gasteiger partial charge in [-0.25, -0.2) is 0 Å². The average Bonchev–Trinajstić information content (AvgIpc) is 2.83. The Bertz CT molecular complexity index is 730. The molecule has 7 nitrogen and oxygen atoms in total. The smallest absolute Gasteiger partial charge is 0.295 e. The van der Waals surface area contributed by atoms with Crippen molar-refractivity contribution < 1.29 is 19.3 Å². The second-order valence-corrected chi connectivity index (χ2v) is 6.53. The molecule has 4 atom stereocenters. The summed E-state index contributed by atoms with van der Waals surface area (Å²) in [4.78, 5) is 41.2. The van der Waals surface area contributed by atoms with Gasteiger partial charge in [-0.1, -0.05) is 35.5 Å². The van der Waals surface area contributed by atoms with E-state index in [1.807, 2.05) is 30.3 Å². The van der Waals surface area contributed by atoms with Gasteiger partial charge >= 0.3 is 0 Å². The van der Waals surface area contributed by atoms with Gasteiger partial charge in [0.05, 0.1) is 12.3 Å². The zero-order chi connectivity index (χ0) is 17.5. The van der Waals surface area contributed by atoms with E-state index in [2.05, 4.69) is 5.16 Å². The first-order valence-corrected chi connectivity index (χ1v) is 7.80. The summed E-state index contributed by atoms with van der Waals surface area (Å²) in [7, 11) is 0. The molecule has 1 spiro atoms. The SMILES string of the molecule is CC(=O)[C@@H]1C(=O)C[C@@]2(C[C@H]1c1ccccc1)ON=C(C)[C@@H]2[N+](=O)[O-]. The molecule has 0 aromatic heterocycles. The maximum atomic E-state index is 12.7. The number of Topliss-reactive ketones (excluding diaryl/α,β-unsaturated/α-hetero) is 2. The summed E-state index contributed by atoms with van der Waals surface area (Å²) in [5.74, 6) is -1.79. The van der Waals surface area contributed by atoms with Crippen LogP contribution in [-0.4, -0.2) is 33.8 Å². The number of carbonyl (C=O) groups excluding carboxylic acids is 2. The van der Waals surface area contributed by atoms with Crippen molar-refractivity contribution >= 4 is 17.3 Å². The van der Waals surface area contributed by atoms with Gasteiger partial charge in [-0.3, -0.25) is 19.7 Å². The molecule has 0 saturated heterocycles. The Balaban J connectivity index is 2.04. The Hall–Kier alpha value is -2.57. The number of rotatable bonds is 3. The van der Waals surface area contributed by atoms with Crippen LogP contribution < -0.4 is 0 Å². The van der Waals surface area contributed by atoms with Crippen LogP contribution in [-0.2, 0) is 14.4 Å². The minimum absolute atomic E-state index is 0.174. The summed E-state index contributed by atoms with van der Waals surface area (Å²) in [6.45, 7) is 2.92. The Morgan fingerprint density at radius 1 is 1.38 bits per heavy atom. The van der Waals surface area contributed by atoms with E-state index in [1.54, 1.807) is 0 Å². The van der Waals surface area contributed by atoms with Gasteiger partial charge in [0.15, 0.2) is 0 Å². The zero-order valence-electron chi connectivity index (χ0n) is 13.5. The predicted molar refractivity (Wildman–Crippen MR) is 85.3 cm³/mol. The third kappa shape index (κ3) is 2.50. The summed E-state index contributed by atoms with van der Waals surface area (Å²) in [5.41, 5.74) is -0.252. The van der Waals surface area contributed by atoms with Crippen LogP contribution in [0.5, 0.6) is 0 Å². The highest BCUT2D eigenvalue weighted by Crippen LogP contribution is 2.47. The third-order valence-electron chi connectivity index (χ3n) is 4.93. The maximum Gasteiger partial charge on any atom is 0.295 e. The number of nitrogens with zero attached hydrogens (tertiary/aromatic N) is 2. The number of oxime groups is 1. The molecule has 2 aliphatic rings. The molecule has 1 aromatic rings. The Morgan fingerprint density at radius 2 is 2.04 bits per heavy atom. The summed E-state index contributed by atoms with van der Waals surface area (Å²) >= 11 is 0. The molecule has 1 heterocycles. The van der Waals surface area contributed by atoms with E-state index in [0.717, 1.165) is 5.56 Å². The van der Waals surface area contributed by atoms with Crippen molar-refractivity contribution in [2.75, 3.05) is 0 Å². The van der Waals surface area contributed by atoms with Gasteiger partial charge < -0.3 is 4.84 Å². The lowest BCUT2D eigenvalue weighted by atomic mass is 9.64. The molecule has 1 aliphatic carbocycles. The van der Waals surface area contributed by atoms with Gasteiger partial charge in [-0.2, -0.15) is 0 Å². The van der Waals surface area contributed by atoms with Gasteiger partial charge in [0.25, 0.3) is 6.04 Å². The van der Waals surface area contributed by atoms with E-state index in [9.17, 15) is 19.7 Å². The highest BCUT2D eigenvalue weighted by molar-refractivity contribution is 6.04. The highest BCUT2D eigenvalue weighted by atomic mass is 16.7. The standard InChI is InChI=1S/C17H18N2O5/c1-10-16(19(22)23)17(24-18-10)8-13(12-6-4-3-5-7-12)15(11(2)20)14(21)9-17/h3-7,13,15-16H,8-9H2,1-2H3/t13-,15-,16-,17+/m0/s1. The molecule has 0 unspecified atom stereocenters. The van der Waals surface area contributed by atoms with E-state index < -0.39 is 28.4 Å². The molecule has 0 amide bonds. The summed E-state index contributed by atoms with van der Waals surface area (Å²) in [5, 5.41) is 15.3. The molecule has 0 radical (unpaired) electrons. The predicted octanol–water partition coefficient (Wildman–Crippen LogP) is 2.13. The fraction of sp³-hybridized carbons (Fsp3) is 0.471. The molecule has 3 rings (SSSR count). The largest absolute Gasteiger partial charge is 0.381 e. The molecule has 126 valence electrons. The lowest BCUT2D eigenvalue weighted by Gasteiger charge is -2.39. The van der Waals surface area contributed by atoms with Crippen LogP contribution in [0.15, 0.2) is 35.5 Å². The molecule has 1 fully saturated rings. The molecule has 24 heavy (non-hydrogen) atoms. The lowest BCUT2D eigenvalue weighted by Crippen LogP contribution is -2.55. The van der Waals surface area contributed by atoms with Crippen LogP contribution in [0, 0.1) is 16.0 Å². The van der Waals surface area contributed by atoms with Crippen molar-refractivity contribution in [2.24, 2.45) is 11.1 Å². The van der Waals surface area contributed by atoms with Crippen molar-refractivity contribution in [3.05, 3.63) is 46.0 Å². The molecular weight excluding hydrogens is 312 g/mol. The van der Waals surface area contributed by atoms with Gasteiger partial charge in [0, 0.05) is 17.3 Å². The second-order valence-electron chi connectivity index (χ2n) is 6.53. The van der Waals surface area contributed by atoms with Gasteiger partial charge in [0.1, 0.15) is 17.3 Å². The van der Waals surface area contributed by atoms with Crippen LogP contribution in [0.4, 0.5) is 0 Å². The minimum Gasteiger partial charge on any atom is -0.381 e. The van der Waals surface area contributed by atoms with Crippen LogP contribution >= 0.6 is 0 Å². The molecule has 0 bridgehead atoms. The van der Waals surface area contributed by atoms with Crippen molar-refractivity contribution in [3.8, 4) is 0 Å². The highest BCUT2D eigenvalue weighted by Gasteiger charge is 2.62. The second kappa shape index (κ2) is 5.81. The van der Waals surface area contributed by atoms with Crippen molar-refractivity contribution in [2.45, 2.75) is 44.2 Å². The Kier molecular flexibility index (Phi) is 3.95. The first-order valence-electron chi connectivity index (χ1n) is 7.80. The molecule has 1 saturated carbocycles. The quantitative estimate of drug-likeness (QED) is 0.480. The van der Waals surface area contributed by atoms with Crippen LogP contribution in [0.3, 0.4) is 0 Å². The number of benzene rings is 1. The molecular formula is C17H18N2O5. The van der Waals surface area contributed by atoms with Crippen LogP contribution in [0.2, 0.25) is 0 Å². The van der Waals surface area contributed by atoms with Gasteiger partial charge in [-0.15, -0.1) is 0 Å². The topological polar surface area (TPSA) is 98.9 Å². The van der Waals surface area contributed by atoms with Crippen molar-refractivity contribution in [1.82, 2.24) is 0 Å². The fourth-order valence-electron chi connectivity index (χ4n) is 3.98. The van der Waals surface area contributed by atoms with Crippen LogP contribution in [0.25, 0.3) is 0 Å². The fourth-order valence-corrected chi connectivity index (χ4v) is 3.98. The van der Waals surface area contributed by atoms with Crippen LogP contribution in [0.1, 0.15) is 38.2 Å². The Labute approximate surface area is 138 Å². The number of ketones is 2. The van der Waals surface area contributed by atoms with E-state index >= 15 is 0 Å². The monoisotopic (exact) mass is 330 g/mol. The average molecular weight is 330 g/mol.